The van der Waals surface area contributed by atoms with Crippen LogP contribution in [-0.4, -0.2) is 44.0 Å². The van der Waals surface area contributed by atoms with Gasteiger partial charge in [-0.15, -0.1) is 16.4 Å². The number of ether oxygens (including phenoxy) is 1. The van der Waals surface area contributed by atoms with Crippen molar-refractivity contribution < 1.29 is 44.7 Å². The summed E-state index contributed by atoms with van der Waals surface area (Å²) in [5.74, 6) is -6.71. The van der Waals surface area contributed by atoms with Crippen molar-refractivity contribution in [3.8, 4) is 16.4 Å². The molecule has 3 aromatic heterocycles. The number of aromatic nitrogens is 5. The van der Waals surface area contributed by atoms with Gasteiger partial charge in [0.05, 0.1) is 18.9 Å². The van der Waals surface area contributed by atoms with Crippen LogP contribution < -0.4 is 0 Å². The number of halogens is 9. The molecule has 174 valence electrons. The molecule has 3 aromatic rings. The van der Waals surface area contributed by atoms with Crippen LogP contribution in [0.2, 0.25) is 4.34 Å². The van der Waals surface area contributed by atoms with Crippen LogP contribution in [-0.2, 0) is 23.9 Å². The Morgan fingerprint density at radius 3 is 2.31 bits per heavy atom. The van der Waals surface area contributed by atoms with Crippen molar-refractivity contribution in [1.82, 2.24) is 24.8 Å². The maximum Gasteiger partial charge on any atom is 0.459 e. The Labute approximate surface area is 181 Å². The lowest BCUT2D eigenvalue weighted by atomic mass is 10.1. The molecule has 0 spiro atoms. The highest BCUT2D eigenvalue weighted by Crippen LogP contribution is 2.50. The van der Waals surface area contributed by atoms with Crippen LogP contribution in [0.15, 0.2) is 12.3 Å². The van der Waals surface area contributed by atoms with Gasteiger partial charge >= 0.3 is 24.2 Å². The molecule has 0 aromatic carbocycles. The van der Waals surface area contributed by atoms with E-state index in [0.29, 0.717) is 0 Å². The van der Waals surface area contributed by atoms with Crippen LogP contribution in [0.25, 0.3) is 16.4 Å². The van der Waals surface area contributed by atoms with Gasteiger partial charge in [-0.05, 0) is 6.07 Å². The zero-order valence-electron chi connectivity index (χ0n) is 15.5. The van der Waals surface area contributed by atoms with E-state index < -0.39 is 46.9 Å². The zero-order chi connectivity index (χ0) is 24.2. The summed E-state index contributed by atoms with van der Waals surface area (Å²) in [5, 5.41) is 9.84. The van der Waals surface area contributed by atoms with Crippen LogP contribution in [0.3, 0.4) is 0 Å². The molecular weight excluding hydrogens is 502 g/mol. The highest BCUT2D eigenvalue weighted by atomic mass is 35.5. The summed E-state index contributed by atoms with van der Waals surface area (Å²) >= 11 is 6.66. The molecule has 0 fully saturated rings. The fourth-order valence-corrected chi connectivity index (χ4v) is 3.80. The number of hydrogen-bond donors (Lipinski definition) is 0. The van der Waals surface area contributed by atoms with Crippen LogP contribution >= 0.6 is 22.9 Å². The molecule has 0 unspecified atom stereocenters. The van der Waals surface area contributed by atoms with E-state index in [2.05, 4.69) is 20.1 Å². The number of nitrogens with zero attached hydrogens (tertiary/aromatic N) is 5. The third-order valence-corrected chi connectivity index (χ3v) is 5.37. The third kappa shape index (κ3) is 3.92. The molecule has 0 aliphatic carbocycles. The molecule has 17 heteroatoms. The van der Waals surface area contributed by atoms with E-state index in [1.807, 2.05) is 0 Å². The molecular formula is C15H8ClF8N5O2S. The van der Waals surface area contributed by atoms with Gasteiger partial charge in [-0.2, -0.15) is 40.2 Å². The van der Waals surface area contributed by atoms with Gasteiger partial charge in [-0.1, -0.05) is 16.8 Å². The fraction of sp³-hybridized carbons (Fsp3) is 0.333. The summed E-state index contributed by atoms with van der Waals surface area (Å²) in [7, 11) is 1.83. The van der Waals surface area contributed by atoms with Crippen LogP contribution in [0.1, 0.15) is 21.6 Å². The lowest BCUT2D eigenvalue weighted by molar-refractivity contribution is -0.292. The Bertz CT molecular complexity index is 1180. The van der Waals surface area contributed by atoms with Crippen LogP contribution in [0.4, 0.5) is 35.1 Å². The van der Waals surface area contributed by atoms with Crippen molar-refractivity contribution >= 4 is 28.9 Å². The molecule has 0 N–H and O–H groups in total. The first-order valence-electron chi connectivity index (χ1n) is 7.99. The van der Waals surface area contributed by atoms with Gasteiger partial charge in [0.25, 0.3) is 0 Å². The lowest BCUT2D eigenvalue weighted by Gasteiger charge is -2.19. The van der Waals surface area contributed by atoms with Crippen molar-refractivity contribution in [3.05, 3.63) is 33.4 Å². The molecule has 0 bridgehead atoms. The molecule has 0 amide bonds. The highest BCUT2D eigenvalue weighted by molar-refractivity contribution is 7.18. The number of alkyl halides is 8. The first-order chi connectivity index (χ1) is 14.6. The van der Waals surface area contributed by atoms with E-state index in [4.69, 9.17) is 11.6 Å². The van der Waals surface area contributed by atoms with Crippen LogP contribution in [0, 0.1) is 0 Å². The molecule has 0 radical (unpaired) electrons. The quantitative estimate of drug-likeness (QED) is 0.372. The standard InChI is InChI=1S/C15H8ClF8N5O2S/c1-28-9(8(14(19,20)21)10(26-28)13(17,18)15(22,23)24)6-4-29(27-25-6)7-3-5(11(16)32-7)12(30)31-2/h3-4H,1-2H3. The fourth-order valence-electron chi connectivity index (χ4n) is 2.64. The number of aryl methyl sites for hydroxylation is 1. The Balaban J connectivity index is 2.17. The molecule has 7 nitrogen and oxygen atoms in total. The number of thiophene rings is 1. The largest absolute Gasteiger partial charge is 0.465 e. The van der Waals surface area contributed by atoms with Gasteiger partial charge in [-0.25, -0.2) is 9.48 Å². The maximum absolute atomic E-state index is 13.8. The lowest BCUT2D eigenvalue weighted by Crippen LogP contribution is -2.36. The SMILES string of the molecule is COC(=O)c1cc(-n2cc(-c3c(C(F)(F)F)c(C(F)(F)C(F)(F)F)nn3C)nn2)sc1Cl. The van der Waals surface area contributed by atoms with Gasteiger partial charge in [-0.3, -0.25) is 4.68 Å². The van der Waals surface area contributed by atoms with Gasteiger partial charge in [0.15, 0.2) is 5.69 Å². The molecule has 0 saturated heterocycles. The average molecular weight is 510 g/mol. The first-order valence-corrected chi connectivity index (χ1v) is 9.19. The minimum absolute atomic E-state index is 0.0486. The Morgan fingerprint density at radius 2 is 1.78 bits per heavy atom. The number of carbonyl (C=O) groups is 1. The van der Waals surface area contributed by atoms with Gasteiger partial charge in [0.1, 0.15) is 26.3 Å². The number of hydrogen-bond acceptors (Lipinski definition) is 6. The molecule has 0 atom stereocenters. The summed E-state index contributed by atoms with van der Waals surface area (Å²) in [5.41, 5.74) is -6.79. The molecule has 3 rings (SSSR count). The minimum atomic E-state index is -6.33. The van der Waals surface area contributed by atoms with Gasteiger partial charge in [0.2, 0.25) is 0 Å². The number of rotatable bonds is 4. The predicted octanol–water partition coefficient (Wildman–Crippen LogP) is 4.84. The maximum atomic E-state index is 13.8. The molecule has 0 aliphatic rings. The average Bonchev–Trinajstić information content (AvgIpc) is 3.35. The van der Waals surface area contributed by atoms with Gasteiger partial charge in [0, 0.05) is 7.05 Å². The smallest absolute Gasteiger partial charge is 0.459 e. The summed E-state index contributed by atoms with van der Waals surface area (Å²) < 4.78 is 112. The monoisotopic (exact) mass is 509 g/mol. The van der Waals surface area contributed by atoms with Gasteiger partial charge < -0.3 is 4.74 Å². The second-order valence-corrected chi connectivity index (χ2v) is 7.71. The topological polar surface area (TPSA) is 74.8 Å². The second kappa shape index (κ2) is 7.68. The van der Waals surface area contributed by atoms with Crippen molar-refractivity contribution in [2.45, 2.75) is 18.3 Å². The second-order valence-electron chi connectivity index (χ2n) is 6.08. The normalized spacial score (nSPS) is 13.0. The van der Waals surface area contributed by atoms with Crippen LogP contribution in [0.5, 0.6) is 0 Å². The summed E-state index contributed by atoms with van der Waals surface area (Å²) in [6.45, 7) is 0. The number of carbonyl (C=O) groups excluding carboxylic acids is 1. The van der Waals surface area contributed by atoms with E-state index in [1.54, 1.807) is 0 Å². The van der Waals surface area contributed by atoms with Crippen molar-refractivity contribution in [1.29, 1.82) is 0 Å². The number of esters is 1. The first kappa shape index (κ1) is 23.9. The number of methoxy groups -OCH3 is 1. The minimum Gasteiger partial charge on any atom is -0.465 e. The molecule has 3 heterocycles. The van der Waals surface area contributed by atoms with Crippen molar-refractivity contribution in [2.75, 3.05) is 7.11 Å². The predicted molar refractivity (Wildman–Crippen MR) is 92.7 cm³/mol. The summed E-state index contributed by atoms with van der Waals surface area (Å²) in [4.78, 5) is 11.6. The van der Waals surface area contributed by atoms with E-state index in [9.17, 15) is 39.9 Å². The summed E-state index contributed by atoms with van der Waals surface area (Å²) in [6, 6.07) is 1.18. The zero-order valence-corrected chi connectivity index (χ0v) is 17.1. The van der Waals surface area contributed by atoms with Crippen molar-refractivity contribution in [2.24, 2.45) is 7.05 Å². The van der Waals surface area contributed by atoms with E-state index >= 15 is 0 Å². The Hall–Kier alpha value is -2.75. The Kier molecular flexibility index (Phi) is 5.74. The highest BCUT2D eigenvalue weighted by Gasteiger charge is 2.64. The summed E-state index contributed by atoms with van der Waals surface area (Å²) in [6.07, 6.45) is -11.1. The van der Waals surface area contributed by atoms with E-state index in [-0.39, 0.29) is 19.6 Å². The van der Waals surface area contributed by atoms with Crippen molar-refractivity contribution in [3.63, 3.8) is 0 Å². The Morgan fingerprint density at radius 1 is 1.16 bits per heavy atom. The molecule has 32 heavy (non-hydrogen) atoms. The molecule has 0 saturated carbocycles. The van der Waals surface area contributed by atoms with E-state index in [0.717, 1.165) is 36.4 Å². The third-order valence-electron chi connectivity index (χ3n) is 4.02. The molecule has 0 aliphatic heterocycles. The van der Waals surface area contributed by atoms with E-state index in [1.165, 1.54) is 6.07 Å².